The summed E-state index contributed by atoms with van der Waals surface area (Å²) in [5.41, 5.74) is 2.72. The zero-order valence-corrected chi connectivity index (χ0v) is 19.1. The summed E-state index contributed by atoms with van der Waals surface area (Å²) in [4.78, 5) is 38.5. The van der Waals surface area contributed by atoms with E-state index in [1.54, 1.807) is 60.7 Å². The third kappa shape index (κ3) is 5.71. The Labute approximate surface area is 200 Å². The van der Waals surface area contributed by atoms with Crippen LogP contribution in [0.4, 0.5) is 14.9 Å². The predicted molar refractivity (Wildman–Crippen MR) is 130 cm³/mol. The average molecular weight is 477 g/mol. The first kappa shape index (κ1) is 23.3. The lowest BCUT2D eigenvalue weighted by molar-refractivity contribution is -0.127. The third-order valence-electron chi connectivity index (χ3n) is 5.01. The van der Waals surface area contributed by atoms with Gasteiger partial charge in [-0.25, -0.2) is 4.39 Å². The van der Waals surface area contributed by atoms with E-state index in [0.717, 1.165) is 22.2 Å². The molecule has 0 spiro atoms. The first-order chi connectivity index (χ1) is 16.4. The molecule has 1 aliphatic rings. The van der Waals surface area contributed by atoms with Crippen LogP contribution in [0.15, 0.2) is 77.7 Å². The molecular weight excluding hydrogens is 455 g/mol. The van der Waals surface area contributed by atoms with Crippen molar-refractivity contribution in [3.63, 3.8) is 0 Å². The summed E-state index contributed by atoms with van der Waals surface area (Å²) in [5, 5.41) is 2.20. The maximum Gasteiger partial charge on any atom is 0.294 e. The molecule has 0 radical (unpaired) electrons. The number of aryl methyl sites for hydroxylation is 1. The smallest absolute Gasteiger partial charge is 0.294 e. The highest BCUT2D eigenvalue weighted by molar-refractivity contribution is 8.18. The lowest BCUT2D eigenvalue weighted by atomic mass is 10.2. The van der Waals surface area contributed by atoms with Gasteiger partial charge in [0.1, 0.15) is 24.7 Å². The Morgan fingerprint density at radius 3 is 2.56 bits per heavy atom. The van der Waals surface area contributed by atoms with Crippen LogP contribution in [-0.2, 0) is 16.2 Å². The number of nitrogens with one attached hydrogen (secondary N) is 1. The number of rotatable bonds is 7. The molecule has 1 aliphatic heterocycles. The second-order valence-electron chi connectivity index (χ2n) is 7.63. The number of hydrogen-bond donors (Lipinski definition) is 1. The van der Waals surface area contributed by atoms with Crippen LogP contribution in [0.25, 0.3) is 6.08 Å². The summed E-state index contributed by atoms with van der Waals surface area (Å²) >= 11 is 0.786. The molecule has 1 saturated heterocycles. The number of carbonyl (C=O) groups is 3. The van der Waals surface area contributed by atoms with Crippen molar-refractivity contribution in [3.8, 4) is 5.75 Å². The molecule has 172 valence electrons. The van der Waals surface area contributed by atoms with E-state index in [9.17, 15) is 18.8 Å². The number of anilines is 1. The highest BCUT2D eigenvalue weighted by Crippen LogP contribution is 2.32. The molecule has 3 aromatic carbocycles. The van der Waals surface area contributed by atoms with Crippen molar-refractivity contribution >= 4 is 40.6 Å². The van der Waals surface area contributed by atoms with Crippen molar-refractivity contribution in [2.75, 3.05) is 11.9 Å². The van der Waals surface area contributed by atoms with Gasteiger partial charge in [-0.05, 0) is 66.2 Å². The Balaban J connectivity index is 1.36. The molecule has 1 heterocycles. The van der Waals surface area contributed by atoms with E-state index in [1.165, 1.54) is 6.07 Å². The molecular formula is C26H21FN2O4S. The molecule has 1 fully saturated rings. The number of halogens is 1. The van der Waals surface area contributed by atoms with Gasteiger partial charge in [0.15, 0.2) is 0 Å². The number of carbonyl (C=O) groups excluding carboxylic acids is 3. The maximum absolute atomic E-state index is 13.7. The lowest BCUT2D eigenvalue weighted by Gasteiger charge is -2.12. The fourth-order valence-corrected chi connectivity index (χ4v) is 4.13. The van der Waals surface area contributed by atoms with Gasteiger partial charge in [0.2, 0.25) is 5.91 Å². The number of amides is 3. The van der Waals surface area contributed by atoms with Crippen LogP contribution >= 0.6 is 11.8 Å². The molecule has 3 amide bonds. The van der Waals surface area contributed by atoms with Crippen LogP contribution in [-0.4, -0.2) is 28.5 Å². The van der Waals surface area contributed by atoms with E-state index < -0.39 is 17.1 Å². The minimum absolute atomic E-state index is 0.0928. The number of nitrogens with zero attached hydrogens (tertiary/aromatic N) is 1. The van der Waals surface area contributed by atoms with Gasteiger partial charge in [0, 0.05) is 11.3 Å². The zero-order valence-electron chi connectivity index (χ0n) is 18.3. The van der Waals surface area contributed by atoms with Crippen molar-refractivity contribution < 1.29 is 23.5 Å². The van der Waals surface area contributed by atoms with Crippen LogP contribution in [0.5, 0.6) is 5.75 Å². The van der Waals surface area contributed by atoms with Crippen LogP contribution in [0.3, 0.4) is 0 Å². The Bertz CT molecular complexity index is 1270. The van der Waals surface area contributed by atoms with Crippen molar-refractivity contribution in [1.29, 1.82) is 0 Å². The molecule has 34 heavy (non-hydrogen) atoms. The summed E-state index contributed by atoms with van der Waals surface area (Å²) in [5.74, 6) is -0.761. The predicted octanol–water partition coefficient (Wildman–Crippen LogP) is 5.39. The Morgan fingerprint density at radius 2 is 1.82 bits per heavy atom. The Kier molecular flexibility index (Phi) is 7.08. The number of benzene rings is 3. The summed E-state index contributed by atoms with van der Waals surface area (Å²) < 4.78 is 19.3. The number of imide groups is 1. The highest BCUT2D eigenvalue weighted by atomic mass is 32.2. The summed E-state index contributed by atoms with van der Waals surface area (Å²) in [6, 6.07) is 20.5. The first-order valence-corrected chi connectivity index (χ1v) is 11.3. The molecule has 6 nitrogen and oxygen atoms in total. The summed E-state index contributed by atoms with van der Waals surface area (Å²) in [7, 11) is 0. The average Bonchev–Trinajstić information content (AvgIpc) is 3.07. The van der Waals surface area contributed by atoms with E-state index in [1.807, 2.05) is 19.1 Å². The molecule has 0 aliphatic carbocycles. The van der Waals surface area contributed by atoms with E-state index in [2.05, 4.69) is 5.32 Å². The molecule has 1 N–H and O–H groups in total. The first-order valence-electron chi connectivity index (χ1n) is 10.5. The highest BCUT2D eigenvalue weighted by Gasteiger charge is 2.36. The largest absolute Gasteiger partial charge is 0.489 e. The van der Waals surface area contributed by atoms with Gasteiger partial charge in [-0.1, -0.05) is 42.5 Å². The number of thioether (sulfide) groups is 1. The number of ether oxygens (including phenoxy) is 1. The standard InChI is InChI=1S/C26H21FN2O4S/c1-17-5-4-7-20(13-17)28-24(30)15-29-25(31)23(34-26(29)32)14-18-9-11-21(12-10-18)33-16-19-6-2-3-8-22(19)27/h2-14H,15-16H2,1H3,(H,28,30). The minimum Gasteiger partial charge on any atom is -0.489 e. The van der Waals surface area contributed by atoms with Crippen molar-refractivity contribution in [3.05, 3.63) is 100 Å². The minimum atomic E-state index is -0.519. The third-order valence-corrected chi connectivity index (χ3v) is 5.91. The molecule has 4 rings (SSSR count). The SMILES string of the molecule is Cc1cccc(NC(=O)CN2C(=O)SC(=Cc3ccc(OCc4ccccc4F)cc3)C2=O)c1. The van der Waals surface area contributed by atoms with Gasteiger partial charge in [-0.3, -0.25) is 19.3 Å². The molecule has 0 bridgehead atoms. The topological polar surface area (TPSA) is 75.7 Å². The summed E-state index contributed by atoms with van der Waals surface area (Å²) in [6.07, 6.45) is 1.59. The molecule has 0 unspecified atom stereocenters. The normalized spacial score (nSPS) is 14.5. The lowest BCUT2D eigenvalue weighted by Crippen LogP contribution is -2.36. The van der Waals surface area contributed by atoms with E-state index in [-0.39, 0.29) is 23.9 Å². The van der Waals surface area contributed by atoms with E-state index in [0.29, 0.717) is 22.6 Å². The van der Waals surface area contributed by atoms with Gasteiger partial charge < -0.3 is 10.1 Å². The number of hydrogen-bond acceptors (Lipinski definition) is 5. The molecule has 0 saturated carbocycles. The molecule has 8 heteroatoms. The van der Waals surface area contributed by atoms with Crippen LogP contribution in [0.1, 0.15) is 16.7 Å². The maximum atomic E-state index is 13.7. The van der Waals surface area contributed by atoms with Crippen molar-refractivity contribution in [2.45, 2.75) is 13.5 Å². The summed E-state index contributed by atoms with van der Waals surface area (Å²) in [6.45, 7) is 1.63. The monoisotopic (exact) mass is 476 g/mol. The molecule has 0 atom stereocenters. The van der Waals surface area contributed by atoms with Gasteiger partial charge in [-0.15, -0.1) is 0 Å². The zero-order chi connectivity index (χ0) is 24.1. The van der Waals surface area contributed by atoms with E-state index in [4.69, 9.17) is 4.74 Å². The van der Waals surface area contributed by atoms with Crippen molar-refractivity contribution in [1.82, 2.24) is 4.90 Å². The molecule has 3 aromatic rings. The van der Waals surface area contributed by atoms with Gasteiger partial charge in [-0.2, -0.15) is 0 Å². The Morgan fingerprint density at radius 1 is 1.06 bits per heavy atom. The van der Waals surface area contributed by atoms with Gasteiger partial charge in [0.05, 0.1) is 4.91 Å². The Hall–Kier alpha value is -3.91. The van der Waals surface area contributed by atoms with Crippen molar-refractivity contribution in [2.24, 2.45) is 0 Å². The van der Waals surface area contributed by atoms with Crippen LogP contribution < -0.4 is 10.1 Å². The molecule has 0 aromatic heterocycles. The fourth-order valence-electron chi connectivity index (χ4n) is 3.29. The van der Waals surface area contributed by atoms with E-state index >= 15 is 0 Å². The second kappa shape index (κ2) is 10.4. The van der Waals surface area contributed by atoms with Crippen LogP contribution in [0.2, 0.25) is 0 Å². The van der Waals surface area contributed by atoms with Gasteiger partial charge >= 0.3 is 0 Å². The fraction of sp³-hybridized carbons (Fsp3) is 0.115. The van der Waals surface area contributed by atoms with Crippen LogP contribution in [0, 0.1) is 12.7 Å². The van der Waals surface area contributed by atoms with Gasteiger partial charge in [0.25, 0.3) is 11.1 Å². The second-order valence-corrected chi connectivity index (χ2v) is 8.63. The quantitative estimate of drug-likeness (QED) is 0.463.